The Bertz CT molecular complexity index is 573. The standard InChI is InChI=1S/C14H16N2OS3/c1-2-18-13-15-16-14(20-13)19-9-12-11-6-4-3-5-10(11)7-8-17-12/h3-6,12H,2,7-9H2,1H3/t12-/m1/s1. The van der Waals surface area contributed by atoms with Crippen molar-refractivity contribution in [3.05, 3.63) is 35.4 Å². The second-order valence-electron chi connectivity index (χ2n) is 4.39. The molecule has 0 radical (unpaired) electrons. The van der Waals surface area contributed by atoms with Crippen LogP contribution in [0.25, 0.3) is 0 Å². The van der Waals surface area contributed by atoms with E-state index >= 15 is 0 Å². The molecule has 1 aromatic carbocycles. The van der Waals surface area contributed by atoms with Crippen molar-refractivity contribution in [2.45, 2.75) is 28.1 Å². The molecule has 6 heteroatoms. The number of fused-ring (bicyclic) bond motifs is 1. The second kappa shape index (κ2) is 6.93. The Balaban J connectivity index is 1.64. The summed E-state index contributed by atoms with van der Waals surface area (Å²) in [6.07, 6.45) is 1.20. The summed E-state index contributed by atoms with van der Waals surface area (Å²) in [6, 6.07) is 8.58. The van der Waals surface area contributed by atoms with Crippen LogP contribution in [0.5, 0.6) is 0 Å². The Labute approximate surface area is 131 Å². The lowest BCUT2D eigenvalue weighted by atomic mass is 9.99. The van der Waals surface area contributed by atoms with Crippen LogP contribution in [0.15, 0.2) is 32.9 Å². The van der Waals surface area contributed by atoms with E-state index in [4.69, 9.17) is 4.74 Å². The first-order chi connectivity index (χ1) is 9.86. The van der Waals surface area contributed by atoms with Gasteiger partial charge < -0.3 is 4.74 Å². The van der Waals surface area contributed by atoms with Gasteiger partial charge in [0.1, 0.15) is 0 Å². The third-order valence-corrected chi connectivity index (χ3v) is 6.24. The van der Waals surface area contributed by atoms with Crippen LogP contribution in [0.2, 0.25) is 0 Å². The Morgan fingerprint density at radius 3 is 2.90 bits per heavy atom. The average molecular weight is 324 g/mol. The molecule has 0 spiro atoms. The molecule has 0 bridgehead atoms. The van der Waals surface area contributed by atoms with Crippen LogP contribution >= 0.6 is 34.9 Å². The van der Waals surface area contributed by atoms with Crippen molar-refractivity contribution in [1.29, 1.82) is 0 Å². The van der Waals surface area contributed by atoms with Crippen LogP contribution < -0.4 is 0 Å². The minimum Gasteiger partial charge on any atom is -0.372 e. The normalized spacial score (nSPS) is 17.9. The summed E-state index contributed by atoms with van der Waals surface area (Å²) in [5.41, 5.74) is 2.75. The van der Waals surface area contributed by atoms with Gasteiger partial charge in [0.15, 0.2) is 8.68 Å². The maximum Gasteiger partial charge on any atom is 0.175 e. The molecule has 20 heavy (non-hydrogen) atoms. The number of benzene rings is 1. The van der Waals surface area contributed by atoms with Gasteiger partial charge >= 0.3 is 0 Å². The molecule has 106 valence electrons. The quantitative estimate of drug-likeness (QED) is 0.775. The van der Waals surface area contributed by atoms with Crippen LogP contribution in [0.4, 0.5) is 0 Å². The summed E-state index contributed by atoms with van der Waals surface area (Å²) >= 11 is 5.17. The van der Waals surface area contributed by atoms with Crippen LogP contribution in [0.3, 0.4) is 0 Å². The molecule has 1 aliphatic rings. The van der Waals surface area contributed by atoms with Gasteiger partial charge in [0.05, 0.1) is 12.7 Å². The fourth-order valence-electron chi connectivity index (χ4n) is 2.20. The molecule has 1 aliphatic heterocycles. The van der Waals surface area contributed by atoms with Crippen molar-refractivity contribution in [3.8, 4) is 0 Å². The molecule has 1 atom stereocenters. The van der Waals surface area contributed by atoms with Gasteiger partial charge in [-0.2, -0.15) is 0 Å². The highest BCUT2D eigenvalue weighted by Crippen LogP contribution is 2.34. The first-order valence-electron chi connectivity index (χ1n) is 6.65. The van der Waals surface area contributed by atoms with Gasteiger partial charge in [-0.15, -0.1) is 10.2 Å². The average Bonchev–Trinajstić information content (AvgIpc) is 2.93. The first-order valence-corrected chi connectivity index (χ1v) is 9.44. The molecule has 0 aliphatic carbocycles. The molecule has 0 fully saturated rings. The Morgan fingerprint density at radius 2 is 2.05 bits per heavy atom. The van der Waals surface area contributed by atoms with Crippen molar-refractivity contribution in [1.82, 2.24) is 10.2 Å². The lowest BCUT2D eigenvalue weighted by Crippen LogP contribution is -2.17. The van der Waals surface area contributed by atoms with Crippen molar-refractivity contribution in [2.24, 2.45) is 0 Å². The number of rotatable bonds is 5. The van der Waals surface area contributed by atoms with E-state index in [0.29, 0.717) is 0 Å². The smallest absolute Gasteiger partial charge is 0.175 e. The lowest BCUT2D eigenvalue weighted by molar-refractivity contribution is 0.0588. The molecule has 2 heterocycles. The van der Waals surface area contributed by atoms with E-state index < -0.39 is 0 Å². The summed E-state index contributed by atoms with van der Waals surface area (Å²) in [7, 11) is 0. The van der Waals surface area contributed by atoms with E-state index in [1.54, 1.807) is 34.9 Å². The van der Waals surface area contributed by atoms with Crippen molar-refractivity contribution < 1.29 is 4.74 Å². The van der Waals surface area contributed by atoms with E-state index in [0.717, 1.165) is 33.2 Å². The summed E-state index contributed by atoms with van der Waals surface area (Å²) in [6.45, 7) is 2.95. The van der Waals surface area contributed by atoms with Gasteiger partial charge in [-0.1, -0.05) is 66.0 Å². The van der Waals surface area contributed by atoms with Crippen molar-refractivity contribution >= 4 is 34.9 Å². The molecule has 2 aromatic rings. The first kappa shape index (κ1) is 14.4. The van der Waals surface area contributed by atoms with Gasteiger partial charge in [0.2, 0.25) is 0 Å². The minimum absolute atomic E-state index is 0.177. The molecule has 3 rings (SSSR count). The third-order valence-electron chi connectivity index (χ3n) is 3.11. The molecular weight excluding hydrogens is 308 g/mol. The highest BCUT2D eigenvalue weighted by molar-refractivity contribution is 8.03. The van der Waals surface area contributed by atoms with Crippen LogP contribution in [-0.4, -0.2) is 28.3 Å². The summed E-state index contributed by atoms with van der Waals surface area (Å²) in [5.74, 6) is 1.95. The van der Waals surface area contributed by atoms with E-state index in [9.17, 15) is 0 Å². The molecule has 0 amide bonds. The summed E-state index contributed by atoms with van der Waals surface area (Å²) in [4.78, 5) is 0. The molecule has 0 unspecified atom stereocenters. The number of hydrogen-bond donors (Lipinski definition) is 0. The number of nitrogens with zero attached hydrogens (tertiary/aromatic N) is 2. The molecule has 0 N–H and O–H groups in total. The van der Waals surface area contributed by atoms with Crippen molar-refractivity contribution in [3.63, 3.8) is 0 Å². The maximum atomic E-state index is 5.91. The van der Waals surface area contributed by atoms with E-state index in [-0.39, 0.29) is 6.10 Å². The van der Waals surface area contributed by atoms with Gasteiger partial charge in [0, 0.05) is 5.75 Å². The molecule has 3 nitrogen and oxygen atoms in total. The van der Waals surface area contributed by atoms with Crippen molar-refractivity contribution in [2.75, 3.05) is 18.1 Å². The summed E-state index contributed by atoms with van der Waals surface area (Å²) in [5, 5.41) is 8.41. The SMILES string of the molecule is CCSc1nnc(SC[C@H]2OCCc3ccccc32)s1. The largest absolute Gasteiger partial charge is 0.372 e. The number of hydrogen-bond acceptors (Lipinski definition) is 6. The molecule has 0 saturated heterocycles. The minimum atomic E-state index is 0.177. The number of thioether (sulfide) groups is 2. The number of ether oxygens (including phenoxy) is 1. The second-order valence-corrected chi connectivity index (χ2v) is 8.14. The fraction of sp³-hybridized carbons (Fsp3) is 0.429. The van der Waals surface area contributed by atoms with Gasteiger partial charge in [-0.25, -0.2) is 0 Å². The van der Waals surface area contributed by atoms with Crippen LogP contribution in [0, 0.1) is 0 Å². The monoisotopic (exact) mass is 324 g/mol. The topological polar surface area (TPSA) is 35.0 Å². The van der Waals surface area contributed by atoms with E-state index in [1.807, 2.05) is 0 Å². The van der Waals surface area contributed by atoms with Gasteiger partial charge in [-0.3, -0.25) is 0 Å². The van der Waals surface area contributed by atoms with Crippen LogP contribution in [0.1, 0.15) is 24.2 Å². The highest BCUT2D eigenvalue weighted by Gasteiger charge is 2.21. The van der Waals surface area contributed by atoms with E-state index in [2.05, 4.69) is 41.4 Å². The zero-order valence-corrected chi connectivity index (χ0v) is 13.7. The Kier molecular flexibility index (Phi) is 4.99. The summed E-state index contributed by atoms with van der Waals surface area (Å²) < 4.78 is 8.00. The number of aromatic nitrogens is 2. The highest BCUT2D eigenvalue weighted by atomic mass is 32.2. The molecular formula is C14H16N2OS3. The third kappa shape index (κ3) is 3.36. The lowest BCUT2D eigenvalue weighted by Gasteiger charge is -2.25. The Morgan fingerprint density at radius 1 is 1.25 bits per heavy atom. The van der Waals surface area contributed by atoms with Gasteiger partial charge in [-0.05, 0) is 23.3 Å². The maximum absolute atomic E-state index is 5.91. The molecule has 0 saturated carbocycles. The Hall–Kier alpha value is -0.560. The van der Waals surface area contributed by atoms with E-state index in [1.165, 1.54) is 11.1 Å². The predicted octanol–water partition coefficient (Wildman–Crippen LogP) is 4.06. The zero-order chi connectivity index (χ0) is 13.8. The fourth-order valence-corrected chi connectivity index (χ4v) is 5.19. The predicted molar refractivity (Wildman–Crippen MR) is 85.9 cm³/mol. The molecule has 1 aromatic heterocycles. The van der Waals surface area contributed by atoms with Gasteiger partial charge in [0.25, 0.3) is 0 Å². The zero-order valence-electron chi connectivity index (χ0n) is 11.2. The van der Waals surface area contributed by atoms with Crippen LogP contribution in [-0.2, 0) is 11.2 Å².